The van der Waals surface area contributed by atoms with Crippen molar-refractivity contribution >= 4 is 11.6 Å². The number of rotatable bonds is 8. The number of ether oxygens (including phenoxy) is 1. The first kappa shape index (κ1) is 22.7. The summed E-state index contributed by atoms with van der Waals surface area (Å²) in [5.41, 5.74) is 1.21. The van der Waals surface area contributed by atoms with Crippen molar-refractivity contribution in [2.45, 2.75) is 19.1 Å². The second-order valence-electron chi connectivity index (χ2n) is 7.71. The molecule has 2 aromatic carbocycles. The van der Waals surface area contributed by atoms with E-state index in [0.717, 1.165) is 0 Å². The Balaban J connectivity index is 1.40. The van der Waals surface area contributed by atoms with Crippen molar-refractivity contribution in [3.63, 3.8) is 0 Å². The van der Waals surface area contributed by atoms with Crippen molar-refractivity contribution < 1.29 is 19.0 Å². The van der Waals surface area contributed by atoms with Gasteiger partial charge in [0, 0.05) is 37.9 Å². The van der Waals surface area contributed by atoms with Gasteiger partial charge in [0.15, 0.2) is 11.6 Å². The number of β-amino-alcohol motifs (C(OH)–C–C–N with tert-alkyl or cyclic N) is 1. The number of carbonyl (C=O) groups excluding carboxylic acids is 1. The maximum atomic E-state index is 13.6. The molecule has 31 heavy (non-hydrogen) atoms. The van der Waals surface area contributed by atoms with E-state index in [-0.39, 0.29) is 30.9 Å². The zero-order chi connectivity index (χ0) is 22.2. The van der Waals surface area contributed by atoms with Gasteiger partial charge in [-0.15, -0.1) is 0 Å². The standard InChI is InChI=1S/C23H27FN4O3/c1-17-13-27(15-23(30)26-19-8-6-18(12-25)7-9-19)10-11-28(17)14-20(29)16-31-22-5-3-2-4-21(22)24/h2-9,17,20,29H,10-11,13-16H2,1H3,(H,26,30)/t17-,20-/m0/s1. The summed E-state index contributed by atoms with van der Waals surface area (Å²) >= 11 is 0. The van der Waals surface area contributed by atoms with E-state index in [9.17, 15) is 14.3 Å². The summed E-state index contributed by atoms with van der Waals surface area (Å²) in [4.78, 5) is 16.5. The highest BCUT2D eigenvalue weighted by atomic mass is 19.1. The molecule has 1 fully saturated rings. The second-order valence-corrected chi connectivity index (χ2v) is 7.71. The molecule has 1 saturated heterocycles. The van der Waals surface area contributed by atoms with Crippen LogP contribution in [0, 0.1) is 17.1 Å². The predicted octanol–water partition coefficient (Wildman–Crippen LogP) is 2.08. The van der Waals surface area contributed by atoms with Gasteiger partial charge in [-0.1, -0.05) is 12.1 Å². The van der Waals surface area contributed by atoms with E-state index in [1.807, 2.05) is 6.07 Å². The highest BCUT2D eigenvalue weighted by molar-refractivity contribution is 5.92. The number of benzene rings is 2. The number of piperazine rings is 1. The summed E-state index contributed by atoms with van der Waals surface area (Å²) in [6.45, 7) is 4.86. The van der Waals surface area contributed by atoms with E-state index in [2.05, 4.69) is 22.0 Å². The van der Waals surface area contributed by atoms with Crippen LogP contribution in [-0.4, -0.2) is 72.3 Å². The highest BCUT2D eigenvalue weighted by Crippen LogP contribution is 2.16. The van der Waals surface area contributed by atoms with E-state index in [0.29, 0.717) is 37.4 Å². The Labute approximate surface area is 181 Å². The molecule has 164 valence electrons. The first-order chi connectivity index (χ1) is 14.9. The van der Waals surface area contributed by atoms with E-state index < -0.39 is 11.9 Å². The lowest BCUT2D eigenvalue weighted by atomic mass is 10.1. The third-order valence-electron chi connectivity index (χ3n) is 5.23. The minimum absolute atomic E-state index is 0.0147. The fourth-order valence-corrected chi connectivity index (χ4v) is 3.59. The Morgan fingerprint density at radius 2 is 2.03 bits per heavy atom. The van der Waals surface area contributed by atoms with Crippen LogP contribution in [0.3, 0.4) is 0 Å². The SMILES string of the molecule is C[C@H]1CN(CC(=O)Nc2ccc(C#N)cc2)CCN1C[C@H](O)COc1ccccc1F. The van der Waals surface area contributed by atoms with E-state index in [4.69, 9.17) is 10.00 Å². The number of hydrogen-bond acceptors (Lipinski definition) is 6. The van der Waals surface area contributed by atoms with Crippen LogP contribution in [-0.2, 0) is 4.79 Å². The van der Waals surface area contributed by atoms with Gasteiger partial charge in [0.2, 0.25) is 5.91 Å². The molecule has 2 atom stereocenters. The van der Waals surface area contributed by atoms with Crippen molar-refractivity contribution in [3.05, 3.63) is 59.9 Å². The first-order valence-electron chi connectivity index (χ1n) is 10.3. The summed E-state index contributed by atoms with van der Waals surface area (Å²) in [6, 6.07) is 15.1. The molecule has 0 unspecified atom stereocenters. The maximum Gasteiger partial charge on any atom is 0.238 e. The highest BCUT2D eigenvalue weighted by Gasteiger charge is 2.26. The minimum atomic E-state index is -0.742. The number of para-hydroxylation sites is 1. The zero-order valence-electron chi connectivity index (χ0n) is 17.5. The number of nitriles is 1. The number of aliphatic hydroxyl groups excluding tert-OH is 1. The Morgan fingerprint density at radius 1 is 1.29 bits per heavy atom. The summed E-state index contributed by atoms with van der Waals surface area (Å²) in [5, 5.41) is 22.0. The number of aliphatic hydroxyl groups is 1. The van der Waals surface area contributed by atoms with Crippen LogP contribution in [0.1, 0.15) is 12.5 Å². The number of nitrogens with zero attached hydrogens (tertiary/aromatic N) is 3. The molecule has 0 aliphatic carbocycles. The zero-order valence-corrected chi connectivity index (χ0v) is 17.5. The smallest absolute Gasteiger partial charge is 0.238 e. The molecule has 2 N–H and O–H groups in total. The van der Waals surface area contributed by atoms with Gasteiger partial charge in [0.05, 0.1) is 18.2 Å². The van der Waals surface area contributed by atoms with E-state index >= 15 is 0 Å². The van der Waals surface area contributed by atoms with Gasteiger partial charge in [-0.2, -0.15) is 5.26 Å². The average molecular weight is 426 g/mol. The molecule has 1 aliphatic rings. The molecular weight excluding hydrogens is 399 g/mol. The van der Waals surface area contributed by atoms with Gasteiger partial charge in [0.1, 0.15) is 12.7 Å². The molecule has 8 heteroatoms. The van der Waals surface area contributed by atoms with Gasteiger partial charge in [0.25, 0.3) is 0 Å². The Kier molecular flexibility index (Phi) is 7.95. The Bertz CT molecular complexity index is 916. The van der Waals surface area contributed by atoms with Crippen LogP contribution in [0.5, 0.6) is 5.75 Å². The second kappa shape index (κ2) is 10.9. The van der Waals surface area contributed by atoms with Crippen molar-refractivity contribution in [1.82, 2.24) is 9.80 Å². The van der Waals surface area contributed by atoms with Crippen molar-refractivity contribution in [1.29, 1.82) is 5.26 Å². The molecule has 1 heterocycles. The number of hydrogen-bond donors (Lipinski definition) is 2. The van der Waals surface area contributed by atoms with Crippen LogP contribution in [0.2, 0.25) is 0 Å². The lowest BCUT2D eigenvalue weighted by Crippen LogP contribution is -2.55. The lowest BCUT2D eigenvalue weighted by Gasteiger charge is -2.40. The lowest BCUT2D eigenvalue weighted by molar-refractivity contribution is -0.118. The molecule has 0 bridgehead atoms. The fraction of sp³-hybridized carbons (Fsp3) is 0.391. The van der Waals surface area contributed by atoms with Crippen LogP contribution in [0.25, 0.3) is 0 Å². The fourth-order valence-electron chi connectivity index (χ4n) is 3.59. The quantitative estimate of drug-likeness (QED) is 0.672. The first-order valence-corrected chi connectivity index (χ1v) is 10.3. The molecule has 3 rings (SSSR count). The van der Waals surface area contributed by atoms with Crippen LogP contribution in [0.4, 0.5) is 10.1 Å². The van der Waals surface area contributed by atoms with Gasteiger partial charge < -0.3 is 15.2 Å². The Hall–Kier alpha value is -2.99. The third kappa shape index (κ3) is 6.76. The van der Waals surface area contributed by atoms with E-state index in [1.165, 1.54) is 12.1 Å². The van der Waals surface area contributed by atoms with Crippen molar-refractivity contribution in [2.75, 3.05) is 44.6 Å². The summed E-state index contributed by atoms with van der Waals surface area (Å²) in [5.74, 6) is -0.424. The molecule has 1 aliphatic heterocycles. The number of carbonyl (C=O) groups is 1. The normalized spacial score (nSPS) is 18.2. The van der Waals surface area contributed by atoms with Crippen LogP contribution in [0.15, 0.2) is 48.5 Å². The minimum Gasteiger partial charge on any atom is -0.488 e. The summed E-state index contributed by atoms with van der Waals surface area (Å²) in [6.07, 6.45) is -0.742. The third-order valence-corrected chi connectivity index (χ3v) is 5.23. The molecule has 1 amide bonds. The summed E-state index contributed by atoms with van der Waals surface area (Å²) < 4.78 is 19.0. The van der Waals surface area contributed by atoms with E-state index in [1.54, 1.807) is 36.4 Å². The molecular formula is C23H27FN4O3. The molecule has 0 radical (unpaired) electrons. The molecule has 0 spiro atoms. The van der Waals surface area contributed by atoms with Crippen LogP contribution < -0.4 is 10.1 Å². The van der Waals surface area contributed by atoms with Crippen molar-refractivity contribution in [3.8, 4) is 11.8 Å². The van der Waals surface area contributed by atoms with Gasteiger partial charge in [-0.05, 0) is 43.3 Å². The Morgan fingerprint density at radius 3 is 2.71 bits per heavy atom. The topological polar surface area (TPSA) is 88.8 Å². The maximum absolute atomic E-state index is 13.6. The predicted molar refractivity (Wildman–Crippen MR) is 115 cm³/mol. The number of nitrogens with one attached hydrogen (secondary N) is 1. The average Bonchev–Trinajstić information content (AvgIpc) is 2.75. The summed E-state index contributed by atoms with van der Waals surface area (Å²) in [7, 11) is 0. The van der Waals surface area contributed by atoms with Crippen molar-refractivity contribution in [2.24, 2.45) is 0 Å². The molecule has 7 nitrogen and oxygen atoms in total. The number of halogens is 1. The molecule has 0 aromatic heterocycles. The largest absolute Gasteiger partial charge is 0.488 e. The van der Waals surface area contributed by atoms with Gasteiger partial charge in [-0.25, -0.2) is 4.39 Å². The molecule has 2 aromatic rings. The monoisotopic (exact) mass is 426 g/mol. The number of amides is 1. The number of anilines is 1. The molecule has 0 saturated carbocycles. The van der Waals surface area contributed by atoms with Crippen LogP contribution >= 0.6 is 0 Å². The van der Waals surface area contributed by atoms with Gasteiger partial charge in [-0.3, -0.25) is 14.6 Å². The van der Waals surface area contributed by atoms with Gasteiger partial charge >= 0.3 is 0 Å².